The normalized spacial score (nSPS) is 16.6. The third-order valence-electron chi connectivity index (χ3n) is 6.40. The molecular formula is C24H25Cl4N3O3. The highest BCUT2D eigenvalue weighted by molar-refractivity contribution is 6.52. The molecule has 182 valence electrons. The van der Waals surface area contributed by atoms with Gasteiger partial charge in [0.1, 0.15) is 5.60 Å². The molecule has 2 aromatic rings. The fourth-order valence-electron chi connectivity index (χ4n) is 4.48. The summed E-state index contributed by atoms with van der Waals surface area (Å²) in [5, 5.41) is 13.9. The molecule has 0 radical (unpaired) electrons. The van der Waals surface area contributed by atoms with Gasteiger partial charge in [-0.3, -0.25) is 4.79 Å². The van der Waals surface area contributed by atoms with Crippen LogP contribution in [0.15, 0.2) is 24.3 Å². The van der Waals surface area contributed by atoms with Crippen molar-refractivity contribution in [1.29, 1.82) is 0 Å². The molecule has 1 fully saturated rings. The van der Waals surface area contributed by atoms with Gasteiger partial charge < -0.3 is 20.2 Å². The van der Waals surface area contributed by atoms with Crippen molar-refractivity contribution in [2.24, 2.45) is 0 Å². The number of hydrogen-bond acceptors (Lipinski definition) is 3. The molecule has 0 bridgehead atoms. The molecule has 2 aliphatic heterocycles. The van der Waals surface area contributed by atoms with Crippen molar-refractivity contribution >= 4 is 64.0 Å². The monoisotopic (exact) mass is 543 g/mol. The number of anilines is 1. The molecule has 4 rings (SSSR count). The number of likely N-dealkylation sites (tertiary alicyclic amines) is 1. The van der Waals surface area contributed by atoms with Gasteiger partial charge in [-0.1, -0.05) is 58.5 Å². The van der Waals surface area contributed by atoms with Gasteiger partial charge in [0.15, 0.2) is 0 Å². The SMILES string of the molecule is CC(C)(O)C(=O)N1CCC(c2ccc(NC(=O)N3Cc4c(Cl)c(Cl)c(Cl)c(Cl)c4C3)cc2)CC1. The number of piperidine rings is 1. The number of amides is 3. The summed E-state index contributed by atoms with van der Waals surface area (Å²) in [6, 6.07) is 7.47. The summed E-state index contributed by atoms with van der Waals surface area (Å²) in [7, 11) is 0. The maximum Gasteiger partial charge on any atom is 0.322 e. The molecule has 2 N–H and O–H groups in total. The van der Waals surface area contributed by atoms with Crippen molar-refractivity contribution in [3.05, 3.63) is 61.0 Å². The highest BCUT2D eigenvalue weighted by Crippen LogP contribution is 2.45. The van der Waals surface area contributed by atoms with Gasteiger partial charge in [-0.15, -0.1) is 0 Å². The fraction of sp³-hybridized carbons (Fsp3) is 0.417. The van der Waals surface area contributed by atoms with Crippen molar-refractivity contribution < 1.29 is 14.7 Å². The summed E-state index contributed by atoms with van der Waals surface area (Å²) in [5.74, 6) is 0.0858. The average molecular weight is 545 g/mol. The van der Waals surface area contributed by atoms with Crippen LogP contribution in [0, 0.1) is 0 Å². The second-order valence-corrected chi connectivity index (χ2v) is 10.8. The molecule has 10 heteroatoms. The van der Waals surface area contributed by atoms with Gasteiger partial charge in [0.2, 0.25) is 0 Å². The van der Waals surface area contributed by atoms with Gasteiger partial charge in [-0.2, -0.15) is 0 Å². The van der Waals surface area contributed by atoms with Crippen LogP contribution >= 0.6 is 46.4 Å². The topological polar surface area (TPSA) is 72.9 Å². The van der Waals surface area contributed by atoms with Crippen LogP contribution in [-0.2, 0) is 17.9 Å². The zero-order valence-electron chi connectivity index (χ0n) is 18.8. The number of carbonyl (C=O) groups is 2. The Morgan fingerprint density at radius 3 is 1.85 bits per heavy atom. The Hall–Kier alpha value is -1.70. The minimum Gasteiger partial charge on any atom is -0.381 e. The van der Waals surface area contributed by atoms with Crippen LogP contribution in [0.5, 0.6) is 0 Å². The maximum atomic E-state index is 12.8. The quantitative estimate of drug-likeness (QED) is 0.350. The molecule has 0 aromatic heterocycles. The van der Waals surface area contributed by atoms with Gasteiger partial charge in [-0.05, 0) is 61.4 Å². The fourth-order valence-corrected chi connectivity index (χ4v) is 5.53. The van der Waals surface area contributed by atoms with Gasteiger partial charge >= 0.3 is 6.03 Å². The molecule has 0 atom stereocenters. The molecular weight excluding hydrogens is 520 g/mol. The highest BCUT2D eigenvalue weighted by Gasteiger charge is 2.33. The van der Waals surface area contributed by atoms with Gasteiger partial charge in [0.05, 0.1) is 20.1 Å². The second-order valence-electron chi connectivity index (χ2n) is 9.25. The number of carbonyl (C=O) groups excluding carboxylic acids is 2. The molecule has 0 unspecified atom stereocenters. The van der Waals surface area contributed by atoms with E-state index in [1.807, 2.05) is 24.3 Å². The Labute approximate surface area is 218 Å². The molecule has 1 saturated heterocycles. The molecule has 0 spiro atoms. The number of rotatable bonds is 3. The zero-order chi connectivity index (χ0) is 24.8. The van der Waals surface area contributed by atoms with Crippen molar-refractivity contribution in [1.82, 2.24) is 9.80 Å². The van der Waals surface area contributed by atoms with Crippen LogP contribution < -0.4 is 5.32 Å². The van der Waals surface area contributed by atoms with E-state index >= 15 is 0 Å². The first kappa shape index (κ1) is 25.4. The van der Waals surface area contributed by atoms with Crippen molar-refractivity contribution in [2.45, 2.75) is 51.3 Å². The summed E-state index contributed by atoms with van der Waals surface area (Å²) >= 11 is 24.9. The lowest BCUT2D eigenvalue weighted by atomic mass is 9.89. The Bertz CT molecular complexity index is 1090. The molecule has 2 aliphatic rings. The van der Waals surface area contributed by atoms with E-state index in [1.54, 1.807) is 9.80 Å². The summed E-state index contributed by atoms with van der Waals surface area (Å²) < 4.78 is 0. The van der Waals surface area contributed by atoms with E-state index < -0.39 is 5.60 Å². The molecule has 2 aromatic carbocycles. The predicted octanol–water partition coefficient (Wildman–Crippen LogP) is 6.32. The number of nitrogens with one attached hydrogen (secondary N) is 1. The van der Waals surface area contributed by atoms with Crippen LogP contribution in [0.2, 0.25) is 20.1 Å². The summed E-state index contributed by atoms with van der Waals surface area (Å²) in [6.45, 7) is 4.83. The Balaban J connectivity index is 1.36. The first-order valence-electron chi connectivity index (χ1n) is 11.0. The van der Waals surface area contributed by atoms with E-state index in [0.29, 0.717) is 45.9 Å². The molecule has 34 heavy (non-hydrogen) atoms. The van der Waals surface area contributed by atoms with Gasteiger partial charge in [0.25, 0.3) is 5.91 Å². The summed E-state index contributed by atoms with van der Waals surface area (Å²) in [5.41, 5.74) is 1.90. The molecule has 2 heterocycles. The average Bonchev–Trinajstić information content (AvgIpc) is 3.27. The lowest BCUT2D eigenvalue weighted by Crippen LogP contribution is -2.48. The van der Waals surface area contributed by atoms with Crippen LogP contribution in [0.3, 0.4) is 0 Å². The van der Waals surface area contributed by atoms with Gasteiger partial charge in [-0.25, -0.2) is 4.79 Å². The Morgan fingerprint density at radius 2 is 1.38 bits per heavy atom. The number of halogens is 4. The van der Waals surface area contributed by atoms with E-state index in [0.717, 1.165) is 18.4 Å². The van der Waals surface area contributed by atoms with Crippen LogP contribution in [0.4, 0.5) is 10.5 Å². The minimum absolute atomic E-state index is 0.195. The Kier molecular flexibility index (Phi) is 7.28. The van der Waals surface area contributed by atoms with E-state index in [2.05, 4.69) is 5.32 Å². The van der Waals surface area contributed by atoms with Crippen LogP contribution in [0.25, 0.3) is 0 Å². The second kappa shape index (κ2) is 9.75. The van der Waals surface area contributed by atoms with E-state index in [1.165, 1.54) is 13.8 Å². The standard InChI is InChI=1S/C24H25Cl4N3O3/c1-24(2,34)22(32)30-9-7-14(8-10-30)13-3-5-15(6-4-13)29-23(33)31-11-16-17(12-31)19(26)21(28)20(27)18(16)25/h3-6,14,34H,7-12H2,1-2H3,(H,29,33). The lowest BCUT2D eigenvalue weighted by Gasteiger charge is -2.35. The number of urea groups is 1. The Morgan fingerprint density at radius 1 is 0.882 bits per heavy atom. The molecule has 3 amide bonds. The predicted molar refractivity (Wildman–Crippen MR) is 136 cm³/mol. The van der Waals surface area contributed by atoms with Gasteiger partial charge in [0, 0.05) is 31.9 Å². The molecule has 6 nitrogen and oxygen atoms in total. The highest BCUT2D eigenvalue weighted by atomic mass is 35.5. The molecule has 0 saturated carbocycles. The summed E-state index contributed by atoms with van der Waals surface area (Å²) in [4.78, 5) is 28.4. The number of fused-ring (bicyclic) bond motifs is 1. The maximum absolute atomic E-state index is 12.8. The van der Waals surface area contributed by atoms with Crippen molar-refractivity contribution in [3.8, 4) is 0 Å². The number of benzene rings is 2. The third kappa shape index (κ3) is 4.98. The largest absolute Gasteiger partial charge is 0.381 e. The third-order valence-corrected chi connectivity index (χ3v) is 8.28. The minimum atomic E-state index is -1.35. The summed E-state index contributed by atoms with van der Waals surface area (Å²) in [6.07, 6.45) is 1.65. The van der Waals surface area contributed by atoms with Crippen LogP contribution in [0.1, 0.15) is 49.3 Å². The number of nitrogens with zero attached hydrogens (tertiary/aromatic N) is 2. The lowest BCUT2D eigenvalue weighted by molar-refractivity contribution is -0.148. The first-order valence-corrected chi connectivity index (χ1v) is 12.5. The van der Waals surface area contributed by atoms with Crippen LogP contribution in [-0.4, -0.2) is 45.5 Å². The smallest absolute Gasteiger partial charge is 0.322 e. The molecule has 0 aliphatic carbocycles. The number of hydrogen-bond donors (Lipinski definition) is 2. The van der Waals surface area contributed by atoms with Crippen molar-refractivity contribution in [2.75, 3.05) is 18.4 Å². The van der Waals surface area contributed by atoms with E-state index in [4.69, 9.17) is 46.4 Å². The first-order chi connectivity index (χ1) is 16.0. The van der Waals surface area contributed by atoms with E-state index in [-0.39, 0.29) is 35.1 Å². The van der Waals surface area contributed by atoms with Crippen molar-refractivity contribution in [3.63, 3.8) is 0 Å². The number of aliphatic hydroxyl groups is 1. The zero-order valence-corrected chi connectivity index (χ0v) is 21.8. The van der Waals surface area contributed by atoms with E-state index in [9.17, 15) is 14.7 Å².